The van der Waals surface area contributed by atoms with Crippen molar-refractivity contribution in [3.8, 4) is 0 Å². The molecule has 0 unspecified atom stereocenters. The molecule has 1 heterocycles. The van der Waals surface area contributed by atoms with Crippen LogP contribution < -0.4 is 4.90 Å². The molecule has 0 radical (unpaired) electrons. The summed E-state index contributed by atoms with van der Waals surface area (Å²) in [5, 5.41) is 0. The third-order valence-electron chi connectivity index (χ3n) is 2.82. The number of alkyl halides is 1. The summed E-state index contributed by atoms with van der Waals surface area (Å²) >= 11 is 9.18. The van der Waals surface area contributed by atoms with Gasteiger partial charge in [-0.2, -0.15) is 0 Å². The van der Waals surface area contributed by atoms with Crippen molar-refractivity contribution in [1.29, 1.82) is 0 Å². The second-order valence-corrected chi connectivity index (χ2v) is 5.31. The molecule has 0 saturated carbocycles. The van der Waals surface area contributed by atoms with Gasteiger partial charge >= 0.3 is 0 Å². The van der Waals surface area contributed by atoms with E-state index < -0.39 is 0 Å². The van der Waals surface area contributed by atoms with Gasteiger partial charge < -0.3 is 4.90 Å². The standard InChI is InChI=1S/C14H13BrClFN2/c1-19(9-11-4-2-3-5-12(11)15)14-13(17)10(8-16)6-7-18-14/h2-7H,8-9H2,1H3. The van der Waals surface area contributed by atoms with Gasteiger partial charge in [0.15, 0.2) is 11.6 Å². The molecule has 19 heavy (non-hydrogen) atoms. The lowest BCUT2D eigenvalue weighted by atomic mass is 10.2. The molecule has 2 rings (SSSR count). The molecule has 0 saturated heterocycles. The molecular formula is C14H13BrClFN2. The van der Waals surface area contributed by atoms with E-state index in [2.05, 4.69) is 20.9 Å². The summed E-state index contributed by atoms with van der Waals surface area (Å²) in [5.74, 6) is 0.102. The van der Waals surface area contributed by atoms with Gasteiger partial charge in [-0.15, -0.1) is 11.6 Å². The van der Waals surface area contributed by atoms with Crippen LogP contribution in [0.1, 0.15) is 11.1 Å². The van der Waals surface area contributed by atoms with Gasteiger partial charge in [0.2, 0.25) is 0 Å². The molecule has 5 heteroatoms. The Hall–Kier alpha value is -1.13. The van der Waals surface area contributed by atoms with E-state index in [0.29, 0.717) is 17.9 Å². The van der Waals surface area contributed by atoms with Crippen LogP contribution in [0.25, 0.3) is 0 Å². The molecule has 0 aliphatic heterocycles. The van der Waals surface area contributed by atoms with E-state index in [1.807, 2.05) is 31.3 Å². The predicted octanol–water partition coefficient (Wildman–Crippen LogP) is 4.36. The highest BCUT2D eigenvalue weighted by Crippen LogP contribution is 2.23. The maximum absolute atomic E-state index is 14.1. The van der Waals surface area contributed by atoms with Crippen molar-refractivity contribution in [3.63, 3.8) is 0 Å². The highest BCUT2D eigenvalue weighted by molar-refractivity contribution is 9.10. The molecule has 1 aromatic carbocycles. The summed E-state index contributed by atoms with van der Waals surface area (Å²) in [6.07, 6.45) is 1.58. The lowest BCUT2D eigenvalue weighted by Crippen LogP contribution is -2.20. The Balaban J connectivity index is 2.26. The first-order valence-electron chi connectivity index (χ1n) is 5.77. The van der Waals surface area contributed by atoms with Gasteiger partial charge in [-0.3, -0.25) is 0 Å². The second-order valence-electron chi connectivity index (χ2n) is 4.19. The smallest absolute Gasteiger partial charge is 0.170 e. The molecule has 1 aromatic heterocycles. The Morgan fingerprint density at radius 3 is 2.68 bits per heavy atom. The van der Waals surface area contributed by atoms with Crippen LogP contribution in [0.4, 0.5) is 10.2 Å². The van der Waals surface area contributed by atoms with Gasteiger partial charge in [-0.1, -0.05) is 34.1 Å². The Morgan fingerprint density at radius 2 is 2.00 bits per heavy atom. The second kappa shape index (κ2) is 6.35. The summed E-state index contributed by atoms with van der Waals surface area (Å²) < 4.78 is 15.1. The lowest BCUT2D eigenvalue weighted by molar-refractivity contribution is 0.604. The number of anilines is 1. The van der Waals surface area contributed by atoms with Crippen molar-refractivity contribution in [1.82, 2.24) is 4.98 Å². The number of aromatic nitrogens is 1. The first kappa shape index (κ1) is 14.3. The summed E-state index contributed by atoms with van der Waals surface area (Å²) in [4.78, 5) is 5.86. The molecule has 0 amide bonds. The minimum atomic E-state index is -0.355. The highest BCUT2D eigenvalue weighted by Gasteiger charge is 2.13. The van der Waals surface area contributed by atoms with Gasteiger partial charge in [0, 0.05) is 29.8 Å². The maximum atomic E-state index is 14.1. The van der Waals surface area contributed by atoms with Crippen LogP contribution in [-0.2, 0) is 12.4 Å². The van der Waals surface area contributed by atoms with Crippen LogP contribution in [0.3, 0.4) is 0 Å². The van der Waals surface area contributed by atoms with E-state index in [9.17, 15) is 4.39 Å². The third kappa shape index (κ3) is 3.25. The minimum Gasteiger partial charge on any atom is -0.353 e. The van der Waals surface area contributed by atoms with E-state index in [0.717, 1.165) is 10.0 Å². The summed E-state index contributed by atoms with van der Waals surface area (Å²) in [6.45, 7) is 0.567. The van der Waals surface area contributed by atoms with Crippen LogP contribution in [0.15, 0.2) is 41.0 Å². The van der Waals surface area contributed by atoms with Gasteiger partial charge in [0.05, 0.1) is 5.88 Å². The molecule has 0 bridgehead atoms. The number of hydrogen-bond donors (Lipinski definition) is 0. The van der Waals surface area contributed by atoms with E-state index in [1.165, 1.54) is 0 Å². The van der Waals surface area contributed by atoms with Crippen LogP contribution in [-0.4, -0.2) is 12.0 Å². The largest absolute Gasteiger partial charge is 0.353 e. The Kier molecular flexibility index (Phi) is 4.77. The SMILES string of the molecule is CN(Cc1ccccc1Br)c1nccc(CCl)c1F. The molecule has 0 spiro atoms. The summed E-state index contributed by atoms with van der Waals surface area (Å²) in [7, 11) is 1.81. The molecular weight excluding hydrogens is 331 g/mol. The van der Waals surface area contributed by atoms with Crippen molar-refractivity contribution in [2.75, 3.05) is 11.9 Å². The van der Waals surface area contributed by atoms with E-state index >= 15 is 0 Å². The normalized spacial score (nSPS) is 10.5. The van der Waals surface area contributed by atoms with E-state index in [4.69, 9.17) is 11.6 Å². The molecule has 0 aliphatic rings. The fourth-order valence-corrected chi connectivity index (χ4v) is 2.41. The molecule has 100 valence electrons. The van der Waals surface area contributed by atoms with Crippen LogP contribution in [0.5, 0.6) is 0 Å². The van der Waals surface area contributed by atoms with Crippen molar-refractivity contribution in [2.24, 2.45) is 0 Å². The number of nitrogens with zero attached hydrogens (tertiary/aromatic N) is 2. The molecule has 0 fully saturated rings. The van der Waals surface area contributed by atoms with Gasteiger partial charge in [0.25, 0.3) is 0 Å². The number of rotatable bonds is 4. The van der Waals surface area contributed by atoms with Crippen molar-refractivity contribution in [3.05, 3.63) is 57.9 Å². The van der Waals surface area contributed by atoms with Crippen molar-refractivity contribution >= 4 is 33.3 Å². The maximum Gasteiger partial charge on any atom is 0.170 e. The average molecular weight is 344 g/mol. The number of pyridine rings is 1. The zero-order chi connectivity index (χ0) is 13.8. The van der Waals surface area contributed by atoms with E-state index in [1.54, 1.807) is 17.2 Å². The fraction of sp³-hybridized carbons (Fsp3) is 0.214. The number of halogens is 3. The number of benzene rings is 1. The Bertz CT molecular complexity index is 577. The average Bonchev–Trinajstić information content (AvgIpc) is 2.41. The van der Waals surface area contributed by atoms with Gasteiger partial charge in [-0.05, 0) is 17.7 Å². The van der Waals surface area contributed by atoms with Crippen molar-refractivity contribution < 1.29 is 4.39 Å². The zero-order valence-corrected chi connectivity index (χ0v) is 12.7. The van der Waals surface area contributed by atoms with E-state index in [-0.39, 0.29) is 11.7 Å². The first-order valence-corrected chi connectivity index (χ1v) is 7.10. The van der Waals surface area contributed by atoms with Crippen LogP contribution >= 0.6 is 27.5 Å². The van der Waals surface area contributed by atoms with Crippen molar-refractivity contribution in [2.45, 2.75) is 12.4 Å². The van der Waals surface area contributed by atoms with Crippen LogP contribution in [0.2, 0.25) is 0 Å². The summed E-state index contributed by atoms with van der Waals surface area (Å²) in [5.41, 5.74) is 1.54. The van der Waals surface area contributed by atoms with Crippen LogP contribution in [0, 0.1) is 5.82 Å². The molecule has 0 atom stereocenters. The molecule has 0 N–H and O–H groups in total. The molecule has 2 nitrogen and oxygen atoms in total. The lowest BCUT2D eigenvalue weighted by Gasteiger charge is -2.20. The zero-order valence-electron chi connectivity index (χ0n) is 10.4. The molecule has 0 aliphatic carbocycles. The van der Waals surface area contributed by atoms with Gasteiger partial charge in [-0.25, -0.2) is 9.37 Å². The quantitative estimate of drug-likeness (QED) is 0.767. The fourth-order valence-electron chi connectivity index (χ4n) is 1.80. The third-order valence-corrected chi connectivity index (χ3v) is 3.88. The topological polar surface area (TPSA) is 16.1 Å². The van der Waals surface area contributed by atoms with Gasteiger partial charge in [0.1, 0.15) is 0 Å². The minimum absolute atomic E-state index is 0.143. The predicted molar refractivity (Wildman–Crippen MR) is 80.0 cm³/mol. The number of hydrogen-bond acceptors (Lipinski definition) is 2. The first-order chi connectivity index (χ1) is 9.13. The summed E-state index contributed by atoms with van der Waals surface area (Å²) in [6, 6.07) is 9.44. The Morgan fingerprint density at radius 1 is 1.26 bits per heavy atom. The highest BCUT2D eigenvalue weighted by atomic mass is 79.9. The molecule has 2 aromatic rings. The monoisotopic (exact) mass is 342 g/mol. The Labute approximate surface area is 125 Å².